The van der Waals surface area contributed by atoms with Gasteiger partial charge in [0, 0.05) is 5.54 Å². The second-order valence-corrected chi connectivity index (χ2v) is 12.7. The van der Waals surface area contributed by atoms with Gasteiger partial charge in [0.2, 0.25) is 0 Å². The molecule has 0 radical (unpaired) electrons. The molecule has 0 heterocycles. The van der Waals surface area contributed by atoms with Crippen LogP contribution in [-0.2, 0) is 0 Å². The molecule has 1 nitrogen and oxygen atoms in total. The van der Waals surface area contributed by atoms with Crippen LogP contribution in [0.1, 0.15) is 79.1 Å². The van der Waals surface area contributed by atoms with Gasteiger partial charge in [0.15, 0.2) is 8.24 Å². The van der Waals surface area contributed by atoms with Crippen LogP contribution >= 0.6 is 0 Å². The van der Waals surface area contributed by atoms with Gasteiger partial charge < -0.3 is 4.98 Å². The third-order valence-electron chi connectivity index (χ3n) is 5.41. The summed E-state index contributed by atoms with van der Waals surface area (Å²) in [4.78, 5) is 4.08. The largest absolute Gasteiger partial charge is 0.326 e. The van der Waals surface area contributed by atoms with Crippen LogP contribution in [0.5, 0.6) is 0 Å². The molecular formula is C24H39NSi. The van der Waals surface area contributed by atoms with Crippen LogP contribution in [-0.4, -0.2) is 13.8 Å². The molecule has 1 aliphatic rings. The van der Waals surface area contributed by atoms with Crippen LogP contribution in [0.2, 0.25) is 6.55 Å². The van der Waals surface area contributed by atoms with Crippen LogP contribution < -0.4 is 10.2 Å². The first kappa shape index (κ1) is 21.2. The summed E-state index contributed by atoms with van der Waals surface area (Å²) in [6.45, 7) is 11.7. The van der Waals surface area contributed by atoms with Gasteiger partial charge >= 0.3 is 0 Å². The first-order valence-corrected chi connectivity index (χ1v) is 13.1. The Balaban J connectivity index is 2.17. The minimum atomic E-state index is -1.90. The van der Waals surface area contributed by atoms with Gasteiger partial charge in [-0.15, -0.1) is 0 Å². The van der Waals surface area contributed by atoms with Crippen LogP contribution in [0, 0.1) is 0 Å². The molecule has 0 amide bonds. The lowest BCUT2D eigenvalue weighted by Gasteiger charge is -2.38. The molecule has 2 heteroatoms. The number of nitrogens with one attached hydrogen (secondary N) is 1. The number of hydrogen-bond acceptors (Lipinski definition) is 1. The predicted octanol–water partition coefficient (Wildman–Crippen LogP) is 6.40. The van der Waals surface area contributed by atoms with Gasteiger partial charge in [-0.1, -0.05) is 92.3 Å². The number of allylic oxidation sites excluding steroid dienone is 4. The van der Waals surface area contributed by atoms with E-state index in [0.29, 0.717) is 0 Å². The molecule has 0 aliphatic heterocycles. The van der Waals surface area contributed by atoms with Gasteiger partial charge in [-0.05, 0) is 51.8 Å². The Hall–Kier alpha value is -1.12. The average Bonchev–Trinajstić information content (AvgIpc) is 3.06. The Labute approximate surface area is 163 Å². The van der Waals surface area contributed by atoms with E-state index < -0.39 is 8.24 Å². The first-order valence-electron chi connectivity index (χ1n) is 10.6. The fourth-order valence-corrected chi connectivity index (χ4v) is 8.63. The Morgan fingerprint density at radius 1 is 0.962 bits per heavy atom. The second kappa shape index (κ2) is 9.71. The molecule has 1 aliphatic carbocycles. The van der Waals surface area contributed by atoms with Crippen LogP contribution in [0.15, 0.2) is 53.3 Å². The summed E-state index contributed by atoms with van der Waals surface area (Å²) in [5, 5.41) is 3.21. The highest BCUT2D eigenvalue weighted by Gasteiger charge is 2.39. The van der Waals surface area contributed by atoms with Crippen molar-refractivity contribution < 1.29 is 0 Å². The van der Waals surface area contributed by atoms with E-state index in [-0.39, 0.29) is 5.54 Å². The normalized spacial score (nSPS) is 17.0. The van der Waals surface area contributed by atoms with E-state index >= 15 is 0 Å². The van der Waals surface area contributed by atoms with Crippen LogP contribution in [0.25, 0.3) is 0 Å². The first-order chi connectivity index (χ1) is 12.4. The highest BCUT2D eigenvalue weighted by atomic mass is 28.3. The number of hydrogen-bond donors (Lipinski definition) is 1. The number of rotatable bonds is 10. The third kappa shape index (κ3) is 5.96. The van der Waals surface area contributed by atoms with Gasteiger partial charge in [-0.25, -0.2) is 0 Å². The van der Waals surface area contributed by atoms with Crippen molar-refractivity contribution in [3.8, 4) is 0 Å². The number of unbranched alkanes of at least 4 members (excludes halogenated alkanes) is 5. The molecule has 0 spiro atoms. The zero-order chi connectivity index (χ0) is 19.0. The third-order valence-corrected chi connectivity index (χ3v) is 9.88. The fraction of sp³-hybridized carbons (Fsp3) is 0.583. The summed E-state index contributed by atoms with van der Waals surface area (Å²) in [7, 11) is -1.90. The van der Waals surface area contributed by atoms with E-state index in [1.807, 2.05) is 0 Å². The molecule has 0 fully saturated rings. The highest BCUT2D eigenvalue weighted by Crippen LogP contribution is 2.31. The van der Waals surface area contributed by atoms with Crippen molar-refractivity contribution in [2.45, 2.75) is 91.1 Å². The highest BCUT2D eigenvalue weighted by molar-refractivity contribution is 6.95. The van der Waals surface area contributed by atoms with Gasteiger partial charge in [-0.3, -0.25) is 0 Å². The lowest BCUT2D eigenvalue weighted by atomic mass is 10.1. The quantitative estimate of drug-likeness (QED) is 0.371. The van der Waals surface area contributed by atoms with E-state index in [4.69, 9.17) is 0 Å². The zero-order valence-corrected chi connectivity index (χ0v) is 18.7. The molecule has 1 atom stereocenters. The molecule has 0 bridgehead atoms. The lowest BCUT2D eigenvalue weighted by molar-refractivity contribution is 0.515. The standard InChI is InChI=1S/C24H39NSi/c1-6-7-8-9-10-12-16-21-17-15-20-23(21)26(5,25-24(2,3)4)22-18-13-11-14-19-22/h11,13-15,17-19,25H,6-10,12,16,20H2,1-5H3. The maximum Gasteiger partial charge on any atom is 0.183 e. The van der Waals surface area contributed by atoms with Crippen molar-refractivity contribution in [3.05, 3.63) is 53.3 Å². The molecule has 2 rings (SSSR count). The molecular weight excluding hydrogens is 330 g/mol. The van der Waals surface area contributed by atoms with Crippen molar-refractivity contribution in [1.82, 2.24) is 4.98 Å². The topological polar surface area (TPSA) is 12.0 Å². The van der Waals surface area contributed by atoms with Crippen molar-refractivity contribution >= 4 is 13.4 Å². The summed E-state index contributed by atoms with van der Waals surface area (Å²) < 4.78 is 0. The van der Waals surface area contributed by atoms with E-state index in [0.717, 1.165) is 6.42 Å². The summed E-state index contributed by atoms with van der Waals surface area (Å²) in [6.07, 6.45) is 15.4. The SMILES string of the molecule is CCCCCCCCC1=C([Si](C)(NC(C)(C)C)c2ccccc2)CC=C1. The monoisotopic (exact) mass is 369 g/mol. The lowest BCUT2D eigenvalue weighted by Crippen LogP contribution is -2.65. The molecule has 0 aromatic heterocycles. The van der Waals surface area contributed by atoms with Crippen molar-refractivity contribution in [3.63, 3.8) is 0 Å². The maximum atomic E-state index is 4.08. The van der Waals surface area contributed by atoms with Crippen molar-refractivity contribution in [1.29, 1.82) is 0 Å². The summed E-state index contributed by atoms with van der Waals surface area (Å²) >= 11 is 0. The predicted molar refractivity (Wildman–Crippen MR) is 119 cm³/mol. The van der Waals surface area contributed by atoms with E-state index in [1.54, 1.807) is 10.8 Å². The van der Waals surface area contributed by atoms with E-state index in [1.165, 1.54) is 50.1 Å². The maximum absolute atomic E-state index is 4.08. The zero-order valence-electron chi connectivity index (χ0n) is 17.7. The van der Waals surface area contributed by atoms with Crippen LogP contribution in [0.3, 0.4) is 0 Å². The van der Waals surface area contributed by atoms with Gasteiger partial charge in [0.05, 0.1) is 0 Å². The summed E-state index contributed by atoms with van der Waals surface area (Å²) in [5.41, 5.74) is 1.74. The van der Waals surface area contributed by atoms with E-state index in [9.17, 15) is 0 Å². The van der Waals surface area contributed by atoms with Crippen LogP contribution in [0.4, 0.5) is 0 Å². The van der Waals surface area contributed by atoms with E-state index in [2.05, 4.69) is 81.7 Å². The Morgan fingerprint density at radius 2 is 1.62 bits per heavy atom. The van der Waals surface area contributed by atoms with Gasteiger partial charge in [0.25, 0.3) is 0 Å². The minimum Gasteiger partial charge on any atom is -0.326 e. The van der Waals surface area contributed by atoms with Crippen molar-refractivity contribution in [2.24, 2.45) is 0 Å². The Kier molecular flexibility index (Phi) is 7.91. The molecule has 1 unspecified atom stereocenters. The Morgan fingerprint density at radius 3 is 2.27 bits per heavy atom. The second-order valence-electron chi connectivity index (χ2n) is 8.99. The van der Waals surface area contributed by atoms with Gasteiger partial charge in [-0.2, -0.15) is 0 Å². The minimum absolute atomic E-state index is 0.123. The summed E-state index contributed by atoms with van der Waals surface area (Å²) in [6, 6.07) is 11.2. The summed E-state index contributed by atoms with van der Waals surface area (Å²) in [5.74, 6) is 0. The Bertz CT molecular complexity index is 609. The molecule has 1 aromatic rings. The molecule has 0 saturated carbocycles. The molecule has 1 N–H and O–H groups in total. The average molecular weight is 370 g/mol. The van der Waals surface area contributed by atoms with Gasteiger partial charge in [0.1, 0.15) is 0 Å². The number of benzene rings is 1. The van der Waals surface area contributed by atoms with Crippen molar-refractivity contribution in [2.75, 3.05) is 0 Å². The molecule has 26 heavy (non-hydrogen) atoms. The molecule has 0 saturated heterocycles. The fourth-order valence-electron chi connectivity index (χ4n) is 4.25. The smallest absolute Gasteiger partial charge is 0.183 e. The molecule has 144 valence electrons. The molecule has 1 aromatic carbocycles.